The molecule has 1 aromatic heterocycles. The smallest absolute Gasteiger partial charge is 0.341 e. The maximum atomic E-state index is 14.0. The maximum Gasteiger partial charge on any atom is 0.341 e. The first-order valence-corrected chi connectivity index (χ1v) is 6.19. The van der Waals surface area contributed by atoms with Gasteiger partial charge in [0, 0.05) is 18.0 Å². The minimum Gasteiger partial charge on any atom is -0.478 e. The van der Waals surface area contributed by atoms with Crippen LogP contribution in [0.2, 0.25) is 0 Å². The predicted molar refractivity (Wildman–Crippen MR) is 72.5 cm³/mol. The van der Waals surface area contributed by atoms with Gasteiger partial charge >= 0.3 is 11.9 Å². The summed E-state index contributed by atoms with van der Waals surface area (Å²) in [6.45, 7) is 1.77. The van der Waals surface area contributed by atoms with E-state index in [1.54, 1.807) is 6.92 Å². The van der Waals surface area contributed by atoms with Crippen LogP contribution in [0.4, 0.5) is 4.39 Å². The van der Waals surface area contributed by atoms with E-state index in [1.165, 1.54) is 30.6 Å². The molecule has 1 N–H and O–H groups in total. The van der Waals surface area contributed by atoms with Gasteiger partial charge in [-0.1, -0.05) is 6.07 Å². The summed E-state index contributed by atoms with van der Waals surface area (Å²) in [4.78, 5) is 26.5. The molecule has 0 saturated heterocycles. The highest BCUT2D eigenvalue weighted by Crippen LogP contribution is 2.25. The largest absolute Gasteiger partial charge is 0.478 e. The van der Waals surface area contributed by atoms with Crippen molar-refractivity contribution in [1.82, 2.24) is 4.98 Å². The minimum atomic E-state index is -1.14. The molecule has 5 nitrogen and oxygen atoms in total. The number of hydrogen-bond acceptors (Lipinski definition) is 4. The first kappa shape index (κ1) is 14.6. The number of carbonyl (C=O) groups is 2. The molecular weight excluding hydrogens is 277 g/mol. The quantitative estimate of drug-likeness (QED) is 0.876. The molecule has 108 valence electrons. The van der Waals surface area contributed by atoms with Crippen molar-refractivity contribution >= 4 is 11.9 Å². The van der Waals surface area contributed by atoms with Crippen LogP contribution in [0.25, 0.3) is 11.1 Å². The third-order valence-corrected chi connectivity index (χ3v) is 2.83. The lowest BCUT2D eigenvalue weighted by Gasteiger charge is -2.08. The van der Waals surface area contributed by atoms with Gasteiger partial charge in [-0.3, -0.25) is 4.98 Å². The second kappa shape index (κ2) is 6.13. The molecule has 1 heterocycles. The minimum absolute atomic E-state index is 0.00767. The standard InChI is InChI=1S/C15H12FNO4/c1-2-21-15(20)11-4-3-9(7-13(11)16)12-8-17-6-5-10(12)14(18)19/h3-8H,2H2,1H3,(H,18,19). The molecular formula is C15H12FNO4. The van der Waals surface area contributed by atoms with E-state index >= 15 is 0 Å². The SMILES string of the molecule is CCOC(=O)c1ccc(-c2cnccc2C(=O)O)cc1F. The Morgan fingerprint density at radius 1 is 1.29 bits per heavy atom. The van der Waals surface area contributed by atoms with Gasteiger partial charge in [0.15, 0.2) is 0 Å². The van der Waals surface area contributed by atoms with Crippen LogP contribution >= 0.6 is 0 Å². The second-order valence-electron chi connectivity index (χ2n) is 4.14. The fourth-order valence-corrected chi connectivity index (χ4v) is 1.87. The fourth-order valence-electron chi connectivity index (χ4n) is 1.87. The molecule has 0 radical (unpaired) electrons. The van der Waals surface area contributed by atoms with Crippen LogP contribution in [0.5, 0.6) is 0 Å². The zero-order chi connectivity index (χ0) is 15.4. The van der Waals surface area contributed by atoms with E-state index in [-0.39, 0.29) is 23.3 Å². The molecule has 6 heteroatoms. The number of benzene rings is 1. The molecule has 1 aromatic carbocycles. The molecule has 0 saturated carbocycles. The number of aromatic carboxylic acids is 1. The monoisotopic (exact) mass is 289 g/mol. The Balaban J connectivity index is 2.46. The Bertz CT molecular complexity index is 700. The van der Waals surface area contributed by atoms with E-state index in [1.807, 2.05) is 0 Å². The van der Waals surface area contributed by atoms with Gasteiger partial charge in [-0.25, -0.2) is 14.0 Å². The van der Waals surface area contributed by atoms with Gasteiger partial charge in [0.1, 0.15) is 5.82 Å². The number of esters is 1. The van der Waals surface area contributed by atoms with E-state index in [0.717, 1.165) is 6.07 Å². The lowest BCUT2D eigenvalue weighted by atomic mass is 10.0. The van der Waals surface area contributed by atoms with E-state index in [0.29, 0.717) is 5.56 Å². The van der Waals surface area contributed by atoms with Crippen molar-refractivity contribution < 1.29 is 23.8 Å². The van der Waals surface area contributed by atoms with Crippen molar-refractivity contribution in [3.8, 4) is 11.1 Å². The number of carboxylic acids is 1. The number of pyridine rings is 1. The van der Waals surface area contributed by atoms with Gasteiger partial charge in [0.2, 0.25) is 0 Å². The molecule has 0 fully saturated rings. The second-order valence-corrected chi connectivity index (χ2v) is 4.14. The Labute approximate surface area is 120 Å². The molecule has 0 spiro atoms. The molecule has 0 unspecified atom stereocenters. The number of carbonyl (C=O) groups excluding carboxylic acids is 1. The molecule has 2 rings (SSSR count). The number of nitrogens with zero attached hydrogens (tertiary/aromatic N) is 1. The summed E-state index contributed by atoms with van der Waals surface area (Å²) >= 11 is 0. The lowest BCUT2D eigenvalue weighted by Crippen LogP contribution is -2.07. The number of aromatic nitrogens is 1. The van der Waals surface area contributed by atoms with Gasteiger partial charge < -0.3 is 9.84 Å². The van der Waals surface area contributed by atoms with Gasteiger partial charge in [-0.2, -0.15) is 0 Å². The van der Waals surface area contributed by atoms with Gasteiger partial charge in [0.05, 0.1) is 17.7 Å². The van der Waals surface area contributed by atoms with Crippen LogP contribution in [-0.4, -0.2) is 28.6 Å². The van der Waals surface area contributed by atoms with Crippen LogP contribution < -0.4 is 0 Å². The van der Waals surface area contributed by atoms with Crippen LogP contribution in [-0.2, 0) is 4.74 Å². The van der Waals surface area contributed by atoms with Crippen molar-refractivity contribution in [3.05, 3.63) is 53.6 Å². The molecule has 0 atom stereocenters. The summed E-state index contributed by atoms with van der Waals surface area (Å²) in [5.74, 6) is -2.67. The molecule has 0 amide bonds. The fraction of sp³-hybridized carbons (Fsp3) is 0.133. The van der Waals surface area contributed by atoms with Crippen LogP contribution in [0.15, 0.2) is 36.7 Å². The lowest BCUT2D eigenvalue weighted by molar-refractivity contribution is 0.0520. The van der Waals surface area contributed by atoms with Gasteiger partial charge in [0.25, 0.3) is 0 Å². The summed E-state index contributed by atoms with van der Waals surface area (Å²) in [5, 5.41) is 9.11. The normalized spacial score (nSPS) is 10.2. The van der Waals surface area contributed by atoms with E-state index in [2.05, 4.69) is 4.98 Å². The van der Waals surface area contributed by atoms with E-state index in [4.69, 9.17) is 9.84 Å². The summed E-state index contributed by atoms with van der Waals surface area (Å²) in [5.41, 5.74) is 0.417. The van der Waals surface area contributed by atoms with Gasteiger partial charge in [-0.05, 0) is 30.7 Å². The third-order valence-electron chi connectivity index (χ3n) is 2.83. The zero-order valence-electron chi connectivity index (χ0n) is 11.2. The highest BCUT2D eigenvalue weighted by Gasteiger charge is 2.16. The number of rotatable bonds is 4. The maximum absolute atomic E-state index is 14.0. The van der Waals surface area contributed by atoms with Gasteiger partial charge in [-0.15, -0.1) is 0 Å². The number of ether oxygens (including phenoxy) is 1. The summed E-state index contributed by atoms with van der Waals surface area (Å²) in [7, 11) is 0. The summed E-state index contributed by atoms with van der Waals surface area (Å²) in [6.07, 6.45) is 2.68. The average molecular weight is 289 g/mol. The number of carboxylic acid groups (broad SMARTS) is 1. The van der Waals surface area contributed by atoms with Crippen molar-refractivity contribution in [2.75, 3.05) is 6.61 Å². The summed E-state index contributed by atoms with van der Waals surface area (Å²) < 4.78 is 18.7. The Hall–Kier alpha value is -2.76. The van der Waals surface area contributed by atoms with Crippen LogP contribution in [0, 0.1) is 5.82 Å². The third kappa shape index (κ3) is 3.05. The average Bonchev–Trinajstić information content (AvgIpc) is 2.47. The molecule has 0 aliphatic carbocycles. The first-order valence-electron chi connectivity index (χ1n) is 6.19. The van der Waals surface area contributed by atoms with Crippen molar-refractivity contribution in [1.29, 1.82) is 0 Å². The molecule has 0 aliphatic rings. The van der Waals surface area contributed by atoms with Crippen LogP contribution in [0.1, 0.15) is 27.6 Å². The molecule has 2 aromatic rings. The Morgan fingerprint density at radius 3 is 2.67 bits per heavy atom. The van der Waals surface area contributed by atoms with Crippen molar-refractivity contribution in [2.45, 2.75) is 6.92 Å². The molecule has 0 bridgehead atoms. The molecule has 21 heavy (non-hydrogen) atoms. The number of halogens is 1. The van der Waals surface area contributed by atoms with Crippen molar-refractivity contribution in [2.24, 2.45) is 0 Å². The highest BCUT2D eigenvalue weighted by atomic mass is 19.1. The Morgan fingerprint density at radius 2 is 2.05 bits per heavy atom. The van der Waals surface area contributed by atoms with E-state index in [9.17, 15) is 14.0 Å². The van der Waals surface area contributed by atoms with Crippen LogP contribution in [0.3, 0.4) is 0 Å². The summed E-state index contributed by atoms with van der Waals surface area (Å²) in [6, 6.07) is 5.14. The topological polar surface area (TPSA) is 76.5 Å². The number of hydrogen-bond donors (Lipinski definition) is 1. The highest BCUT2D eigenvalue weighted by molar-refractivity contribution is 5.96. The first-order chi connectivity index (χ1) is 10.0. The Kier molecular flexibility index (Phi) is 4.27. The zero-order valence-corrected chi connectivity index (χ0v) is 11.2. The van der Waals surface area contributed by atoms with Crippen molar-refractivity contribution in [3.63, 3.8) is 0 Å². The predicted octanol–water partition coefficient (Wildman–Crippen LogP) is 2.76. The van der Waals surface area contributed by atoms with E-state index < -0.39 is 17.8 Å². The molecule has 0 aliphatic heterocycles.